The fraction of sp³-hybridized carbons (Fsp3) is 0.400. The van der Waals surface area contributed by atoms with Crippen molar-refractivity contribution in [1.82, 2.24) is 25.6 Å². The number of aromatic amines is 1. The molecule has 2 aromatic heterocycles. The van der Waals surface area contributed by atoms with Crippen molar-refractivity contribution in [1.29, 1.82) is 0 Å². The first kappa shape index (κ1) is 30.3. The van der Waals surface area contributed by atoms with Gasteiger partial charge in [-0.1, -0.05) is 23.7 Å². The number of anilines is 6. The van der Waals surface area contributed by atoms with Gasteiger partial charge in [-0.05, 0) is 50.1 Å². The summed E-state index contributed by atoms with van der Waals surface area (Å²) in [5, 5.41) is 14.5. The van der Waals surface area contributed by atoms with Crippen molar-refractivity contribution in [2.45, 2.75) is 25.3 Å². The molecular formula is C30H38ClN9O3S. The van der Waals surface area contributed by atoms with E-state index in [4.69, 9.17) is 21.3 Å². The number of H-pyrrole nitrogens is 1. The van der Waals surface area contributed by atoms with E-state index in [1.54, 1.807) is 13.3 Å². The molecule has 14 heteroatoms. The maximum absolute atomic E-state index is 12.5. The van der Waals surface area contributed by atoms with Crippen LogP contribution in [0.3, 0.4) is 0 Å². The van der Waals surface area contributed by atoms with Crippen LogP contribution in [-0.4, -0.2) is 82.5 Å². The van der Waals surface area contributed by atoms with Crippen LogP contribution in [0.4, 0.5) is 34.5 Å². The number of piperidine rings is 1. The van der Waals surface area contributed by atoms with Gasteiger partial charge in [-0.3, -0.25) is 4.31 Å². The van der Waals surface area contributed by atoms with E-state index in [1.165, 1.54) is 10.6 Å². The van der Waals surface area contributed by atoms with Gasteiger partial charge in [-0.15, -0.1) is 0 Å². The van der Waals surface area contributed by atoms with E-state index in [1.807, 2.05) is 37.4 Å². The molecule has 12 nitrogen and oxygen atoms in total. The van der Waals surface area contributed by atoms with Gasteiger partial charge in [0.2, 0.25) is 16.0 Å². The van der Waals surface area contributed by atoms with Crippen molar-refractivity contribution in [3.63, 3.8) is 0 Å². The third-order valence-electron chi connectivity index (χ3n) is 8.19. The van der Waals surface area contributed by atoms with Crippen molar-refractivity contribution in [3.8, 4) is 5.75 Å². The number of hydrogen-bond acceptors (Lipinski definition) is 10. The summed E-state index contributed by atoms with van der Waals surface area (Å²) in [4.78, 5) is 14.9. The predicted molar refractivity (Wildman–Crippen MR) is 178 cm³/mol. The third kappa shape index (κ3) is 6.23. The summed E-state index contributed by atoms with van der Waals surface area (Å²) in [6.07, 6.45) is 5.68. The standard InChI is InChI=1S/C30H38ClN9O3S/c1-32-12-13-33-20-10-14-39(15-11-20)21-7-8-23(25(17-21)43-2)36-30-37-28-26(22(31)18-34-28)29(38-30)35-24-6-4-5-19-9-16-40(27(19)24)44(3,41)42/h4-8,17-18,20,32-33H,9-16H2,1-3H3,(H3,34,35,36,37,38). The number of fused-ring (bicyclic) bond motifs is 2. The normalized spacial score (nSPS) is 15.5. The first-order chi connectivity index (χ1) is 21.2. The molecule has 0 bridgehead atoms. The maximum Gasteiger partial charge on any atom is 0.232 e. The lowest BCUT2D eigenvalue weighted by Crippen LogP contribution is -2.44. The highest BCUT2D eigenvalue weighted by Crippen LogP contribution is 2.40. The van der Waals surface area contributed by atoms with E-state index >= 15 is 0 Å². The summed E-state index contributed by atoms with van der Waals surface area (Å²) in [5.41, 5.74) is 4.54. The average Bonchev–Trinajstić information content (AvgIpc) is 3.62. The van der Waals surface area contributed by atoms with Gasteiger partial charge < -0.3 is 35.9 Å². The van der Waals surface area contributed by atoms with Crippen LogP contribution in [0.1, 0.15) is 18.4 Å². The van der Waals surface area contributed by atoms with Crippen LogP contribution < -0.4 is 35.2 Å². The van der Waals surface area contributed by atoms with E-state index in [0.717, 1.165) is 50.3 Å². The summed E-state index contributed by atoms with van der Waals surface area (Å²) in [5.74, 6) is 1.44. The molecule has 1 saturated heterocycles. The first-order valence-corrected chi connectivity index (χ1v) is 17.0. The largest absolute Gasteiger partial charge is 0.494 e. The Hall–Kier alpha value is -3.78. The number of nitrogens with zero attached hydrogens (tertiary/aromatic N) is 4. The smallest absolute Gasteiger partial charge is 0.232 e. The summed E-state index contributed by atoms with van der Waals surface area (Å²) >= 11 is 6.55. The van der Waals surface area contributed by atoms with Crippen molar-refractivity contribution in [2.24, 2.45) is 0 Å². The van der Waals surface area contributed by atoms with Crippen LogP contribution in [0.15, 0.2) is 42.6 Å². The number of rotatable bonds is 11. The SMILES string of the molecule is CNCCNC1CCN(c2ccc(Nc3nc(Nc4cccc5c4N(S(C)(=O)=O)CC5)c4c(Cl)c[nH]c4n3)c(OC)c2)CC1. The number of benzene rings is 2. The lowest BCUT2D eigenvalue weighted by Gasteiger charge is -2.34. The molecular weight excluding hydrogens is 602 g/mol. The van der Waals surface area contributed by atoms with E-state index < -0.39 is 10.0 Å². The highest BCUT2D eigenvalue weighted by molar-refractivity contribution is 7.92. The summed E-state index contributed by atoms with van der Waals surface area (Å²) in [6, 6.07) is 12.3. The maximum atomic E-state index is 12.5. The van der Waals surface area contributed by atoms with E-state index in [0.29, 0.717) is 69.6 Å². The number of sulfonamides is 1. The Labute approximate surface area is 262 Å². The number of para-hydroxylation sites is 1. The molecule has 0 spiro atoms. The van der Waals surface area contributed by atoms with E-state index in [9.17, 15) is 8.42 Å². The molecule has 1 fully saturated rings. The first-order valence-electron chi connectivity index (χ1n) is 14.7. The zero-order valence-electron chi connectivity index (χ0n) is 25.1. The number of methoxy groups -OCH3 is 1. The van der Waals surface area contributed by atoms with Crippen LogP contribution in [0.5, 0.6) is 5.75 Å². The summed E-state index contributed by atoms with van der Waals surface area (Å²) in [7, 11) is 0.163. The second-order valence-corrected chi connectivity index (χ2v) is 13.4. The highest BCUT2D eigenvalue weighted by Gasteiger charge is 2.29. The molecule has 44 heavy (non-hydrogen) atoms. The molecule has 0 atom stereocenters. The molecule has 0 aliphatic carbocycles. The van der Waals surface area contributed by atoms with Gasteiger partial charge in [-0.25, -0.2) is 8.42 Å². The zero-order chi connectivity index (χ0) is 30.8. The van der Waals surface area contributed by atoms with Gasteiger partial charge >= 0.3 is 0 Å². The number of aromatic nitrogens is 3. The molecule has 0 unspecified atom stereocenters. The molecule has 234 valence electrons. The third-order valence-corrected chi connectivity index (χ3v) is 9.65. The Morgan fingerprint density at radius 1 is 1.07 bits per heavy atom. The molecule has 0 saturated carbocycles. The molecule has 0 amide bonds. The Bertz CT molecular complexity index is 1760. The van der Waals surface area contributed by atoms with Crippen LogP contribution in [0.2, 0.25) is 5.02 Å². The minimum Gasteiger partial charge on any atom is -0.494 e. The van der Waals surface area contributed by atoms with Crippen LogP contribution in [0, 0.1) is 0 Å². The molecule has 5 N–H and O–H groups in total. The minimum absolute atomic E-state index is 0.325. The topological polar surface area (TPSA) is 140 Å². The molecule has 4 heterocycles. The van der Waals surface area contributed by atoms with Gasteiger partial charge in [0.1, 0.15) is 17.2 Å². The van der Waals surface area contributed by atoms with Crippen molar-refractivity contribution < 1.29 is 13.2 Å². The molecule has 2 aromatic carbocycles. The van der Waals surface area contributed by atoms with E-state index in [-0.39, 0.29) is 0 Å². The number of likely N-dealkylation sites (N-methyl/N-ethyl adjacent to an activating group) is 1. The second kappa shape index (κ2) is 12.7. The molecule has 2 aliphatic rings. The second-order valence-electron chi connectivity index (χ2n) is 11.1. The minimum atomic E-state index is -3.45. The average molecular weight is 640 g/mol. The van der Waals surface area contributed by atoms with Crippen molar-refractivity contribution in [2.75, 3.05) is 73.0 Å². The van der Waals surface area contributed by atoms with Crippen LogP contribution in [0.25, 0.3) is 11.0 Å². The van der Waals surface area contributed by atoms with Gasteiger partial charge in [0, 0.05) is 56.7 Å². The Balaban J connectivity index is 1.25. The van der Waals surface area contributed by atoms with Gasteiger partial charge in [-0.2, -0.15) is 9.97 Å². The number of hydrogen-bond donors (Lipinski definition) is 5. The lowest BCUT2D eigenvalue weighted by atomic mass is 10.0. The monoisotopic (exact) mass is 639 g/mol. The molecule has 6 rings (SSSR count). The Kier molecular flexibility index (Phi) is 8.72. The Morgan fingerprint density at radius 2 is 1.89 bits per heavy atom. The Morgan fingerprint density at radius 3 is 2.64 bits per heavy atom. The molecule has 0 radical (unpaired) electrons. The van der Waals surface area contributed by atoms with E-state index in [2.05, 4.69) is 42.2 Å². The highest BCUT2D eigenvalue weighted by atomic mass is 35.5. The number of halogens is 1. The summed E-state index contributed by atoms with van der Waals surface area (Å²) in [6.45, 7) is 4.27. The quantitative estimate of drug-likeness (QED) is 0.152. The van der Waals surface area contributed by atoms with Gasteiger partial charge in [0.05, 0.1) is 40.8 Å². The van der Waals surface area contributed by atoms with Gasteiger partial charge in [0.15, 0.2) is 0 Å². The predicted octanol–water partition coefficient (Wildman–Crippen LogP) is 4.21. The zero-order valence-corrected chi connectivity index (χ0v) is 26.6. The molecule has 4 aromatic rings. The lowest BCUT2D eigenvalue weighted by molar-refractivity contribution is 0.410. The number of ether oxygens (including phenoxy) is 1. The summed E-state index contributed by atoms with van der Waals surface area (Å²) < 4.78 is 32.3. The van der Waals surface area contributed by atoms with Crippen LogP contribution in [-0.2, 0) is 16.4 Å². The number of nitrogens with one attached hydrogen (secondary N) is 5. The van der Waals surface area contributed by atoms with Crippen molar-refractivity contribution >= 4 is 67.2 Å². The van der Waals surface area contributed by atoms with Crippen molar-refractivity contribution in [3.05, 3.63) is 53.2 Å². The fourth-order valence-electron chi connectivity index (χ4n) is 5.97. The fourth-order valence-corrected chi connectivity index (χ4v) is 7.17. The van der Waals surface area contributed by atoms with Gasteiger partial charge in [0.25, 0.3) is 0 Å². The molecule has 2 aliphatic heterocycles. The van der Waals surface area contributed by atoms with Crippen LogP contribution >= 0.6 is 11.6 Å².